The fourth-order valence-corrected chi connectivity index (χ4v) is 2.17. The minimum absolute atomic E-state index is 0.161. The number of nitrogens with one attached hydrogen (secondary N) is 1. The van der Waals surface area contributed by atoms with Crippen LogP contribution in [0.15, 0.2) is 4.42 Å². The third-order valence-corrected chi connectivity index (χ3v) is 3.11. The molecule has 2 aliphatic rings. The summed E-state index contributed by atoms with van der Waals surface area (Å²) in [7, 11) is 0. The normalized spacial score (nSPS) is 22.6. The van der Waals surface area contributed by atoms with Crippen molar-refractivity contribution in [3.8, 4) is 0 Å². The Morgan fingerprint density at radius 1 is 1.56 bits per heavy atom. The number of anilines is 1. The fourth-order valence-electron chi connectivity index (χ4n) is 2.17. The van der Waals surface area contributed by atoms with Gasteiger partial charge in [-0.15, -0.1) is 5.10 Å². The molecule has 0 aromatic carbocycles. The second kappa shape index (κ2) is 4.03. The van der Waals surface area contributed by atoms with Crippen molar-refractivity contribution >= 4 is 11.9 Å². The van der Waals surface area contributed by atoms with E-state index >= 15 is 0 Å². The van der Waals surface area contributed by atoms with Gasteiger partial charge in [-0.05, 0) is 19.8 Å². The molecule has 0 atom stereocenters. The fraction of sp³-hybridized carbons (Fsp3) is 0.727. The number of carbonyl (C=O) groups excluding carboxylic acids is 1. The SMILES string of the molecule is CC1(O)CN(CC(=O)Nc2nnc(C3CC3)o2)C1. The van der Waals surface area contributed by atoms with E-state index < -0.39 is 5.60 Å². The van der Waals surface area contributed by atoms with E-state index in [9.17, 15) is 9.90 Å². The second-order valence-corrected chi connectivity index (χ2v) is 5.41. The first-order chi connectivity index (χ1) is 8.52. The Hall–Kier alpha value is -1.47. The Morgan fingerprint density at radius 2 is 2.28 bits per heavy atom. The zero-order chi connectivity index (χ0) is 12.8. The van der Waals surface area contributed by atoms with Crippen LogP contribution in [0.25, 0.3) is 0 Å². The Labute approximate surface area is 104 Å². The van der Waals surface area contributed by atoms with Crippen LogP contribution in [0.1, 0.15) is 31.6 Å². The highest BCUT2D eigenvalue weighted by molar-refractivity contribution is 5.90. The molecule has 0 unspecified atom stereocenters. The number of likely N-dealkylation sites (tertiary alicyclic amines) is 1. The van der Waals surface area contributed by atoms with E-state index in [0.29, 0.717) is 24.9 Å². The molecule has 7 nitrogen and oxygen atoms in total. The van der Waals surface area contributed by atoms with Crippen LogP contribution < -0.4 is 5.32 Å². The van der Waals surface area contributed by atoms with Crippen LogP contribution >= 0.6 is 0 Å². The zero-order valence-electron chi connectivity index (χ0n) is 10.2. The summed E-state index contributed by atoms with van der Waals surface area (Å²) in [5.74, 6) is 0.794. The molecule has 0 bridgehead atoms. The standard InChI is InChI=1S/C11H16N4O3/c1-11(17)5-15(6-11)4-8(16)12-10-14-13-9(18-10)7-2-3-7/h7,17H,2-6H2,1H3,(H,12,14,16). The number of rotatable bonds is 4. The van der Waals surface area contributed by atoms with Gasteiger partial charge in [0, 0.05) is 19.0 Å². The van der Waals surface area contributed by atoms with E-state index in [1.807, 2.05) is 4.90 Å². The van der Waals surface area contributed by atoms with Gasteiger partial charge in [0.2, 0.25) is 11.8 Å². The lowest BCUT2D eigenvalue weighted by Gasteiger charge is -2.43. The van der Waals surface area contributed by atoms with E-state index in [1.165, 1.54) is 0 Å². The van der Waals surface area contributed by atoms with Crippen molar-refractivity contribution < 1.29 is 14.3 Å². The highest BCUT2D eigenvalue weighted by atomic mass is 16.4. The van der Waals surface area contributed by atoms with Crippen molar-refractivity contribution in [1.82, 2.24) is 15.1 Å². The van der Waals surface area contributed by atoms with Crippen LogP contribution in [-0.4, -0.2) is 51.3 Å². The average Bonchev–Trinajstić information content (AvgIpc) is 2.98. The molecular formula is C11H16N4O3. The summed E-state index contributed by atoms with van der Waals surface area (Å²) in [6.07, 6.45) is 2.16. The van der Waals surface area contributed by atoms with Gasteiger partial charge < -0.3 is 9.52 Å². The van der Waals surface area contributed by atoms with Crippen molar-refractivity contribution in [3.05, 3.63) is 5.89 Å². The first-order valence-corrected chi connectivity index (χ1v) is 6.10. The van der Waals surface area contributed by atoms with Crippen molar-refractivity contribution in [2.75, 3.05) is 25.0 Å². The maximum atomic E-state index is 11.7. The van der Waals surface area contributed by atoms with Gasteiger partial charge in [-0.25, -0.2) is 0 Å². The molecule has 1 amide bonds. The molecule has 18 heavy (non-hydrogen) atoms. The van der Waals surface area contributed by atoms with E-state index in [0.717, 1.165) is 12.8 Å². The minimum Gasteiger partial charge on any atom is -0.408 e. The molecular weight excluding hydrogens is 236 g/mol. The minimum atomic E-state index is -0.663. The van der Waals surface area contributed by atoms with Crippen LogP contribution in [-0.2, 0) is 4.79 Å². The molecule has 98 valence electrons. The summed E-state index contributed by atoms with van der Waals surface area (Å²) >= 11 is 0. The van der Waals surface area contributed by atoms with Gasteiger partial charge in [-0.2, -0.15) is 0 Å². The summed E-state index contributed by atoms with van der Waals surface area (Å²) in [6, 6.07) is 0.161. The number of nitrogens with zero attached hydrogens (tertiary/aromatic N) is 3. The molecule has 0 spiro atoms. The molecule has 2 fully saturated rings. The van der Waals surface area contributed by atoms with E-state index in [1.54, 1.807) is 6.92 Å². The second-order valence-electron chi connectivity index (χ2n) is 5.41. The van der Waals surface area contributed by atoms with Gasteiger partial charge in [-0.1, -0.05) is 5.10 Å². The Kier molecular flexibility index (Phi) is 2.60. The summed E-state index contributed by atoms with van der Waals surface area (Å²) in [6.45, 7) is 3.01. The van der Waals surface area contributed by atoms with Crippen LogP contribution in [0.2, 0.25) is 0 Å². The monoisotopic (exact) mass is 252 g/mol. The first kappa shape index (κ1) is 11.6. The predicted octanol–water partition coefficient (Wildman–Crippen LogP) is -0.0479. The molecule has 1 aromatic heterocycles. The molecule has 2 N–H and O–H groups in total. The highest BCUT2D eigenvalue weighted by Crippen LogP contribution is 2.39. The summed E-state index contributed by atoms with van der Waals surface area (Å²) in [4.78, 5) is 13.5. The molecule has 1 aromatic rings. The Morgan fingerprint density at radius 3 is 2.89 bits per heavy atom. The topological polar surface area (TPSA) is 91.5 Å². The van der Waals surface area contributed by atoms with Crippen LogP contribution in [0.4, 0.5) is 6.01 Å². The number of amides is 1. The smallest absolute Gasteiger partial charge is 0.322 e. The Balaban J connectivity index is 1.48. The van der Waals surface area contributed by atoms with Gasteiger partial charge in [0.15, 0.2) is 0 Å². The number of hydrogen-bond acceptors (Lipinski definition) is 6. The van der Waals surface area contributed by atoms with Gasteiger partial charge >= 0.3 is 6.01 Å². The van der Waals surface area contributed by atoms with Gasteiger partial charge in [0.25, 0.3) is 0 Å². The molecule has 2 heterocycles. The van der Waals surface area contributed by atoms with Crippen LogP contribution in [0, 0.1) is 0 Å². The lowest BCUT2D eigenvalue weighted by molar-refractivity contribution is -0.125. The van der Waals surface area contributed by atoms with Gasteiger partial charge in [0.1, 0.15) is 0 Å². The number of aromatic nitrogens is 2. The number of carbonyl (C=O) groups is 1. The molecule has 3 rings (SSSR count). The maximum Gasteiger partial charge on any atom is 0.322 e. The number of hydrogen-bond donors (Lipinski definition) is 2. The van der Waals surface area contributed by atoms with Crippen molar-refractivity contribution in [2.24, 2.45) is 0 Å². The van der Waals surface area contributed by atoms with Crippen molar-refractivity contribution in [2.45, 2.75) is 31.3 Å². The van der Waals surface area contributed by atoms with Crippen molar-refractivity contribution in [3.63, 3.8) is 0 Å². The van der Waals surface area contributed by atoms with E-state index in [-0.39, 0.29) is 18.5 Å². The van der Waals surface area contributed by atoms with Gasteiger partial charge in [0.05, 0.1) is 12.1 Å². The molecule has 1 saturated carbocycles. The molecule has 1 aliphatic carbocycles. The van der Waals surface area contributed by atoms with Crippen molar-refractivity contribution in [1.29, 1.82) is 0 Å². The van der Waals surface area contributed by atoms with Crippen LogP contribution in [0.5, 0.6) is 0 Å². The zero-order valence-corrected chi connectivity index (χ0v) is 10.2. The lowest BCUT2D eigenvalue weighted by Crippen LogP contribution is -2.61. The van der Waals surface area contributed by atoms with E-state index in [4.69, 9.17) is 4.42 Å². The molecule has 1 aliphatic heterocycles. The Bertz CT molecular complexity index is 459. The quantitative estimate of drug-likeness (QED) is 0.780. The van der Waals surface area contributed by atoms with Crippen LogP contribution in [0.3, 0.4) is 0 Å². The first-order valence-electron chi connectivity index (χ1n) is 6.10. The number of β-amino-alcohol motifs (C(OH)–C–C–N with tert-alkyl or cyclic N) is 1. The average molecular weight is 252 g/mol. The van der Waals surface area contributed by atoms with E-state index in [2.05, 4.69) is 15.5 Å². The highest BCUT2D eigenvalue weighted by Gasteiger charge is 2.37. The van der Waals surface area contributed by atoms with Gasteiger partial charge in [-0.3, -0.25) is 15.0 Å². The summed E-state index contributed by atoms with van der Waals surface area (Å²) < 4.78 is 5.33. The summed E-state index contributed by atoms with van der Waals surface area (Å²) in [5.41, 5.74) is -0.663. The maximum absolute atomic E-state index is 11.7. The molecule has 1 saturated heterocycles. The lowest BCUT2D eigenvalue weighted by atomic mass is 9.97. The molecule has 7 heteroatoms. The predicted molar refractivity (Wildman–Crippen MR) is 62.0 cm³/mol. The third kappa shape index (κ3) is 2.51. The third-order valence-electron chi connectivity index (χ3n) is 3.11. The molecule has 0 radical (unpaired) electrons. The number of aliphatic hydroxyl groups is 1. The summed E-state index contributed by atoms with van der Waals surface area (Å²) in [5, 5.41) is 19.8. The largest absolute Gasteiger partial charge is 0.408 e.